The molecular formula is C29H29N2+. The molecular weight excluding hydrogens is 376 g/mol. The van der Waals surface area contributed by atoms with Gasteiger partial charge in [-0.05, 0) is 79.5 Å². The summed E-state index contributed by atoms with van der Waals surface area (Å²) < 4.78 is 4.89. The van der Waals surface area contributed by atoms with Crippen LogP contribution in [0.1, 0.15) is 47.6 Å². The van der Waals surface area contributed by atoms with Crippen molar-refractivity contribution in [3.05, 3.63) is 70.4 Å². The highest BCUT2D eigenvalue weighted by molar-refractivity contribution is 6.26. The molecule has 3 heterocycles. The fourth-order valence-corrected chi connectivity index (χ4v) is 5.76. The average Bonchev–Trinajstić information content (AvgIpc) is 3.03. The molecule has 2 heteroatoms. The molecule has 0 spiro atoms. The summed E-state index contributed by atoms with van der Waals surface area (Å²) in [5, 5.41) is 6.84. The Labute approximate surface area is 183 Å². The van der Waals surface area contributed by atoms with Gasteiger partial charge in [0.15, 0.2) is 6.20 Å². The van der Waals surface area contributed by atoms with E-state index in [0.29, 0.717) is 5.92 Å². The van der Waals surface area contributed by atoms with Gasteiger partial charge in [0.25, 0.3) is 0 Å². The van der Waals surface area contributed by atoms with Gasteiger partial charge >= 0.3 is 0 Å². The predicted molar refractivity (Wildman–Crippen MR) is 133 cm³/mol. The van der Waals surface area contributed by atoms with E-state index in [4.69, 9.17) is 0 Å². The van der Waals surface area contributed by atoms with Gasteiger partial charge < -0.3 is 4.40 Å². The second-order valence-corrected chi connectivity index (χ2v) is 9.84. The molecule has 6 aromatic rings. The van der Waals surface area contributed by atoms with Crippen molar-refractivity contribution in [3.8, 4) is 0 Å². The van der Waals surface area contributed by atoms with Crippen molar-refractivity contribution in [2.24, 2.45) is 7.05 Å². The average molecular weight is 406 g/mol. The van der Waals surface area contributed by atoms with Crippen molar-refractivity contribution in [2.45, 2.75) is 47.5 Å². The van der Waals surface area contributed by atoms with Crippen LogP contribution >= 0.6 is 0 Å². The van der Waals surface area contributed by atoms with Gasteiger partial charge in [-0.15, -0.1) is 0 Å². The quantitative estimate of drug-likeness (QED) is 0.156. The van der Waals surface area contributed by atoms with Gasteiger partial charge in [-0.2, -0.15) is 0 Å². The lowest BCUT2D eigenvalue weighted by atomic mass is 9.94. The molecule has 2 nitrogen and oxygen atoms in total. The van der Waals surface area contributed by atoms with Crippen LogP contribution in [0, 0.1) is 27.7 Å². The Morgan fingerprint density at radius 1 is 0.806 bits per heavy atom. The van der Waals surface area contributed by atoms with Crippen LogP contribution in [0.2, 0.25) is 0 Å². The second-order valence-electron chi connectivity index (χ2n) is 9.84. The van der Waals surface area contributed by atoms with Crippen LogP contribution in [-0.4, -0.2) is 4.40 Å². The summed E-state index contributed by atoms with van der Waals surface area (Å²) in [7, 11) is 2.19. The van der Waals surface area contributed by atoms with Crippen molar-refractivity contribution < 1.29 is 4.57 Å². The van der Waals surface area contributed by atoms with E-state index in [1.165, 1.54) is 76.8 Å². The number of aryl methyl sites for hydroxylation is 5. The molecule has 154 valence electrons. The van der Waals surface area contributed by atoms with E-state index in [1.54, 1.807) is 0 Å². The van der Waals surface area contributed by atoms with Crippen molar-refractivity contribution in [3.63, 3.8) is 0 Å². The molecule has 0 saturated heterocycles. The van der Waals surface area contributed by atoms with Crippen LogP contribution in [0.5, 0.6) is 0 Å². The highest BCUT2D eigenvalue weighted by atomic mass is 15.0. The minimum absolute atomic E-state index is 0.486. The topological polar surface area (TPSA) is 8.29 Å². The maximum absolute atomic E-state index is 2.57. The number of fused-ring (bicyclic) bond motifs is 5. The van der Waals surface area contributed by atoms with E-state index in [9.17, 15) is 0 Å². The molecule has 0 aliphatic rings. The van der Waals surface area contributed by atoms with Crippen LogP contribution in [0.25, 0.3) is 49.0 Å². The van der Waals surface area contributed by atoms with Gasteiger partial charge in [-0.3, -0.25) is 0 Å². The van der Waals surface area contributed by atoms with Crippen molar-refractivity contribution in [2.75, 3.05) is 0 Å². The zero-order valence-electron chi connectivity index (χ0n) is 19.5. The van der Waals surface area contributed by atoms with Gasteiger partial charge in [0.05, 0.1) is 27.3 Å². The number of aromatic nitrogens is 2. The molecule has 0 unspecified atom stereocenters. The summed E-state index contributed by atoms with van der Waals surface area (Å²) in [4.78, 5) is 0. The Morgan fingerprint density at radius 2 is 1.55 bits per heavy atom. The molecule has 6 rings (SSSR count). The Hall–Kier alpha value is -3.13. The van der Waals surface area contributed by atoms with Gasteiger partial charge in [0.1, 0.15) is 7.05 Å². The van der Waals surface area contributed by atoms with Crippen LogP contribution in [0.4, 0.5) is 0 Å². The van der Waals surface area contributed by atoms with Gasteiger partial charge in [0.2, 0.25) is 5.52 Å². The largest absolute Gasteiger partial charge is 0.307 e. The fraction of sp³-hybridized carbons (Fsp3) is 0.276. The lowest BCUT2D eigenvalue weighted by Crippen LogP contribution is -2.29. The van der Waals surface area contributed by atoms with Gasteiger partial charge in [-0.25, -0.2) is 4.57 Å². The third kappa shape index (κ3) is 2.25. The summed E-state index contributed by atoms with van der Waals surface area (Å²) in [6.45, 7) is 13.6. The maximum atomic E-state index is 2.57. The number of nitrogens with zero attached hydrogens (tertiary/aromatic N) is 2. The molecule has 0 atom stereocenters. The monoisotopic (exact) mass is 405 g/mol. The van der Waals surface area contributed by atoms with Crippen LogP contribution < -0.4 is 4.57 Å². The standard InChI is InChI=1S/C29H29N2/c1-15(2)21-13-20-8-9-30(7)29-25-19(6)17(4)12-23-22-11-16(3)10-18(5)27(22)31(28(23)25)24(14-21)26(20)29/h8-15H,1-7H3/q+1. The fourth-order valence-electron chi connectivity index (χ4n) is 5.76. The minimum Gasteiger partial charge on any atom is -0.307 e. The number of pyridine rings is 2. The van der Waals surface area contributed by atoms with E-state index in [0.717, 1.165) is 0 Å². The lowest BCUT2D eigenvalue weighted by molar-refractivity contribution is -0.643. The number of hydrogen-bond donors (Lipinski definition) is 0. The van der Waals surface area contributed by atoms with E-state index in [-0.39, 0.29) is 0 Å². The molecule has 3 aromatic carbocycles. The first kappa shape index (κ1) is 18.6. The highest BCUT2D eigenvalue weighted by Gasteiger charge is 2.25. The van der Waals surface area contributed by atoms with E-state index in [2.05, 4.69) is 100 Å². The first-order valence-electron chi connectivity index (χ1n) is 11.3. The highest BCUT2D eigenvalue weighted by Crippen LogP contribution is 2.43. The summed E-state index contributed by atoms with van der Waals surface area (Å²) in [5.74, 6) is 0.486. The Balaban J connectivity index is 2.11. The summed E-state index contributed by atoms with van der Waals surface area (Å²) in [6, 6.07) is 14.2. The van der Waals surface area contributed by atoms with Crippen molar-refractivity contribution >= 4 is 49.0 Å². The zero-order chi connectivity index (χ0) is 21.8. The third-order valence-electron chi connectivity index (χ3n) is 7.38. The normalized spacial score (nSPS) is 12.6. The summed E-state index contributed by atoms with van der Waals surface area (Å²) in [6.07, 6.45) is 2.23. The van der Waals surface area contributed by atoms with Crippen LogP contribution in [-0.2, 0) is 7.05 Å². The Bertz CT molecular complexity index is 1700. The second kappa shape index (κ2) is 5.97. The molecule has 3 aromatic heterocycles. The number of rotatable bonds is 1. The number of benzene rings is 3. The number of hydrogen-bond acceptors (Lipinski definition) is 0. The molecule has 0 aliphatic carbocycles. The molecule has 31 heavy (non-hydrogen) atoms. The van der Waals surface area contributed by atoms with E-state index >= 15 is 0 Å². The SMILES string of the molecule is Cc1cc(C)c2c(c1)c1cc(C)c(C)c3c1n2c1cc(C(C)C)cc2cc[n+](C)c3c21. The predicted octanol–water partition coefficient (Wildman–Crippen LogP) is 7.17. The minimum atomic E-state index is 0.486. The Morgan fingerprint density at radius 3 is 2.29 bits per heavy atom. The van der Waals surface area contributed by atoms with Gasteiger partial charge in [0, 0.05) is 16.8 Å². The first-order chi connectivity index (χ1) is 14.8. The molecule has 0 saturated carbocycles. The lowest BCUT2D eigenvalue weighted by Gasteiger charge is -2.16. The molecule has 0 radical (unpaired) electrons. The van der Waals surface area contributed by atoms with Crippen LogP contribution in [0.15, 0.2) is 42.6 Å². The molecule has 0 fully saturated rings. The first-order valence-corrected chi connectivity index (χ1v) is 11.3. The maximum Gasteiger partial charge on any atom is 0.224 e. The summed E-state index contributed by atoms with van der Waals surface area (Å²) >= 11 is 0. The third-order valence-corrected chi connectivity index (χ3v) is 7.38. The Kier molecular flexibility index (Phi) is 3.59. The van der Waals surface area contributed by atoms with Gasteiger partial charge in [-0.1, -0.05) is 31.5 Å². The zero-order valence-corrected chi connectivity index (χ0v) is 19.5. The van der Waals surface area contributed by atoms with Crippen molar-refractivity contribution in [1.82, 2.24) is 4.40 Å². The van der Waals surface area contributed by atoms with E-state index < -0.39 is 0 Å². The van der Waals surface area contributed by atoms with E-state index in [1.807, 2.05) is 0 Å². The van der Waals surface area contributed by atoms with Crippen LogP contribution in [0.3, 0.4) is 0 Å². The molecule has 0 amide bonds. The molecule has 0 N–H and O–H groups in total. The summed E-state index contributed by atoms with van der Waals surface area (Å²) in [5.41, 5.74) is 12.2. The smallest absolute Gasteiger partial charge is 0.224 e. The molecule has 0 bridgehead atoms. The molecule has 0 aliphatic heterocycles. The van der Waals surface area contributed by atoms with Crippen molar-refractivity contribution in [1.29, 1.82) is 0 Å².